The summed E-state index contributed by atoms with van der Waals surface area (Å²) in [6, 6.07) is 1.59. The molecule has 1 aliphatic heterocycles. The van der Waals surface area contributed by atoms with Gasteiger partial charge in [0.15, 0.2) is 4.96 Å². The molecule has 1 N–H and O–H groups in total. The highest BCUT2D eigenvalue weighted by atomic mass is 32.1. The van der Waals surface area contributed by atoms with Crippen LogP contribution in [0.15, 0.2) is 22.4 Å². The SMILES string of the molecule is O=C(O)CC1CCN(Cc2cc(=O)n3ccsc3n2)CC1. The summed E-state index contributed by atoms with van der Waals surface area (Å²) in [6.07, 6.45) is 3.78. The molecule has 0 spiro atoms. The predicted octanol–water partition coefficient (Wildman–Crippen LogP) is 1.44. The molecular formula is C14H17N3O3S. The van der Waals surface area contributed by atoms with Crippen molar-refractivity contribution in [3.05, 3.63) is 33.7 Å². The summed E-state index contributed by atoms with van der Waals surface area (Å²) in [5.41, 5.74) is 0.746. The summed E-state index contributed by atoms with van der Waals surface area (Å²) in [5, 5.41) is 10.7. The second-order valence-corrected chi connectivity index (χ2v) is 6.33. The van der Waals surface area contributed by atoms with Crippen molar-refractivity contribution in [3.8, 4) is 0 Å². The third kappa shape index (κ3) is 3.30. The van der Waals surface area contributed by atoms with Crippen LogP contribution < -0.4 is 5.56 Å². The molecule has 1 aliphatic rings. The average Bonchev–Trinajstić information content (AvgIpc) is 2.89. The van der Waals surface area contributed by atoms with E-state index in [2.05, 4.69) is 9.88 Å². The van der Waals surface area contributed by atoms with Crippen molar-refractivity contribution in [1.82, 2.24) is 14.3 Å². The number of rotatable bonds is 4. The number of thiazole rings is 1. The highest BCUT2D eigenvalue weighted by Gasteiger charge is 2.21. The van der Waals surface area contributed by atoms with E-state index < -0.39 is 5.97 Å². The zero-order chi connectivity index (χ0) is 14.8. The molecular weight excluding hydrogens is 290 g/mol. The average molecular weight is 307 g/mol. The van der Waals surface area contributed by atoms with Gasteiger partial charge >= 0.3 is 5.97 Å². The summed E-state index contributed by atoms with van der Waals surface area (Å²) < 4.78 is 1.55. The largest absolute Gasteiger partial charge is 0.481 e. The maximum absolute atomic E-state index is 11.9. The molecule has 0 atom stereocenters. The molecule has 6 nitrogen and oxygen atoms in total. The van der Waals surface area contributed by atoms with Crippen LogP contribution in [0.2, 0.25) is 0 Å². The smallest absolute Gasteiger partial charge is 0.303 e. The van der Waals surface area contributed by atoms with Crippen LogP contribution in [0.1, 0.15) is 25.0 Å². The fourth-order valence-corrected chi connectivity index (χ4v) is 3.53. The molecule has 21 heavy (non-hydrogen) atoms. The van der Waals surface area contributed by atoms with Gasteiger partial charge in [0.1, 0.15) is 0 Å². The standard InChI is InChI=1S/C14H17N3O3S/c18-12-8-11(15-14-17(12)5-6-21-14)9-16-3-1-10(2-4-16)7-13(19)20/h5-6,8,10H,1-4,7,9H2,(H,19,20). The van der Waals surface area contributed by atoms with Gasteiger partial charge in [-0.15, -0.1) is 11.3 Å². The number of aromatic nitrogens is 2. The van der Waals surface area contributed by atoms with Crippen molar-refractivity contribution >= 4 is 22.3 Å². The van der Waals surface area contributed by atoms with E-state index in [4.69, 9.17) is 5.11 Å². The maximum atomic E-state index is 11.9. The van der Waals surface area contributed by atoms with Crippen molar-refractivity contribution < 1.29 is 9.90 Å². The van der Waals surface area contributed by atoms with Crippen LogP contribution in [0.5, 0.6) is 0 Å². The first-order valence-corrected chi connectivity index (χ1v) is 7.90. The topological polar surface area (TPSA) is 74.9 Å². The first-order chi connectivity index (χ1) is 10.1. The van der Waals surface area contributed by atoms with Crippen molar-refractivity contribution in [3.63, 3.8) is 0 Å². The number of nitrogens with zero attached hydrogens (tertiary/aromatic N) is 3. The second kappa shape index (κ2) is 5.95. The Morgan fingerprint density at radius 2 is 2.19 bits per heavy atom. The fraction of sp³-hybridized carbons (Fsp3) is 0.500. The van der Waals surface area contributed by atoms with Crippen LogP contribution in [0.25, 0.3) is 4.96 Å². The van der Waals surface area contributed by atoms with E-state index in [0.29, 0.717) is 6.54 Å². The molecule has 2 aromatic heterocycles. The zero-order valence-electron chi connectivity index (χ0n) is 11.6. The summed E-state index contributed by atoms with van der Waals surface area (Å²) in [7, 11) is 0. The molecule has 0 aromatic carbocycles. The van der Waals surface area contributed by atoms with Gasteiger partial charge in [-0.2, -0.15) is 0 Å². The number of piperidine rings is 1. The van der Waals surface area contributed by atoms with Crippen LogP contribution in [0, 0.1) is 5.92 Å². The van der Waals surface area contributed by atoms with Gasteiger partial charge in [-0.3, -0.25) is 18.9 Å². The highest BCUT2D eigenvalue weighted by Crippen LogP contribution is 2.21. The first kappa shape index (κ1) is 14.2. The quantitative estimate of drug-likeness (QED) is 0.925. The van der Waals surface area contributed by atoms with E-state index in [-0.39, 0.29) is 17.9 Å². The fourth-order valence-electron chi connectivity index (χ4n) is 2.79. The van der Waals surface area contributed by atoms with Crippen LogP contribution >= 0.6 is 11.3 Å². The highest BCUT2D eigenvalue weighted by molar-refractivity contribution is 7.15. The number of carboxylic acid groups (broad SMARTS) is 1. The van der Waals surface area contributed by atoms with Gasteiger partial charge in [-0.1, -0.05) is 0 Å². The normalized spacial score (nSPS) is 17.3. The Bertz CT molecular complexity index is 701. The van der Waals surface area contributed by atoms with Crippen LogP contribution in [0.4, 0.5) is 0 Å². The Hall–Kier alpha value is -1.73. The van der Waals surface area contributed by atoms with Gasteiger partial charge in [-0.05, 0) is 31.8 Å². The van der Waals surface area contributed by atoms with E-state index in [1.54, 1.807) is 16.7 Å². The Balaban J connectivity index is 1.64. The Morgan fingerprint density at radius 1 is 1.43 bits per heavy atom. The minimum Gasteiger partial charge on any atom is -0.481 e. The van der Waals surface area contributed by atoms with Crippen LogP contribution in [0.3, 0.4) is 0 Å². The lowest BCUT2D eigenvalue weighted by Crippen LogP contribution is -2.34. The van der Waals surface area contributed by atoms with E-state index in [9.17, 15) is 9.59 Å². The third-order valence-corrected chi connectivity index (χ3v) is 4.67. The van der Waals surface area contributed by atoms with Gasteiger partial charge in [0.25, 0.3) is 5.56 Å². The number of hydrogen-bond acceptors (Lipinski definition) is 5. The molecule has 0 aliphatic carbocycles. The minimum atomic E-state index is -0.716. The maximum Gasteiger partial charge on any atom is 0.303 e. The molecule has 1 saturated heterocycles. The van der Waals surface area contributed by atoms with Crippen molar-refractivity contribution in [2.45, 2.75) is 25.8 Å². The summed E-state index contributed by atoms with van der Waals surface area (Å²) in [4.78, 5) is 30.1. The van der Waals surface area contributed by atoms with Gasteiger partial charge in [0.05, 0.1) is 5.69 Å². The molecule has 1 fully saturated rings. The van der Waals surface area contributed by atoms with E-state index in [0.717, 1.165) is 36.6 Å². The molecule has 0 saturated carbocycles. The summed E-state index contributed by atoms with van der Waals surface area (Å²) >= 11 is 1.45. The molecule has 0 radical (unpaired) electrons. The van der Waals surface area contributed by atoms with Crippen molar-refractivity contribution in [1.29, 1.82) is 0 Å². The molecule has 0 unspecified atom stereocenters. The minimum absolute atomic E-state index is 0.0444. The van der Waals surface area contributed by atoms with E-state index >= 15 is 0 Å². The number of hydrogen-bond donors (Lipinski definition) is 1. The van der Waals surface area contributed by atoms with Gasteiger partial charge < -0.3 is 5.11 Å². The Kier molecular flexibility index (Phi) is 4.03. The number of aliphatic carboxylic acids is 1. The lowest BCUT2D eigenvalue weighted by molar-refractivity contribution is -0.138. The molecule has 0 bridgehead atoms. The van der Waals surface area contributed by atoms with Gasteiger partial charge in [-0.25, -0.2) is 4.98 Å². The second-order valence-electron chi connectivity index (χ2n) is 5.46. The first-order valence-electron chi connectivity index (χ1n) is 7.02. The van der Waals surface area contributed by atoms with E-state index in [1.165, 1.54) is 11.3 Å². The summed E-state index contributed by atoms with van der Waals surface area (Å²) in [6.45, 7) is 2.39. The molecule has 7 heteroatoms. The number of carbonyl (C=O) groups is 1. The zero-order valence-corrected chi connectivity index (χ0v) is 12.4. The monoisotopic (exact) mass is 307 g/mol. The van der Waals surface area contributed by atoms with Gasteiger partial charge in [0, 0.05) is 30.6 Å². The molecule has 2 aromatic rings. The summed E-state index contributed by atoms with van der Waals surface area (Å²) in [5.74, 6) is -0.441. The third-order valence-electron chi connectivity index (χ3n) is 3.91. The van der Waals surface area contributed by atoms with Crippen molar-refractivity contribution in [2.75, 3.05) is 13.1 Å². The Labute approximate surface area is 125 Å². The lowest BCUT2D eigenvalue weighted by Gasteiger charge is -2.30. The van der Waals surface area contributed by atoms with E-state index in [1.807, 2.05) is 5.38 Å². The molecule has 112 valence electrons. The van der Waals surface area contributed by atoms with Crippen LogP contribution in [-0.4, -0.2) is 38.4 Å². The van der Waals surface area contributed by atoms with Crippen LogP contribution in [-0.2, 0) is 11.3 Å². The Morgan fingerprint density at radius 3 is 2.90 bits per heavy atom. The van der Waals surface area contributed by atoms with Crippen molar-refractivity contribution in [2.24, 2.45) is 5.92 Å². The molecule has 3 heterocycles. The lowest BCUT2D eigenvalue weighted by atomic mass is 9.93. The predicted molar refractivity (Wildman–Crippen MR) is 79.6 cm³/mol. The van der Waals surface area contributed by atoms with Gasteiger partial charge in [0.2, 0.25) is 0 Å². The number of carboxylic acids is 1. The number of likely N-dealkylation sites (tertiary alicyclic amines) is 1. The number of fused-ring (bicyclic) bond motifs is 1. The molecule has 3 rings (SSSR count). The molecule has 0 amide bonds.